The lowest BCUT2D eigenvalue weighted by atomic mass is 9.82. The van der Waals surface area contributed by atoms with Crippen molar-refractivity contribution in [1.82, 2.24) is 5.32 Å². The topological polar surface area (TPSA) is 58.6 Å². The van der Waals surface area contributed by atoms with Gasteiger partial charge in [0.15, 0.2) is 6.10 Å². The highest BCUT2D eigenvalue weighted by molar-refractivity contribution is 5.76. The van der Waals surface area contributed by atoms with E-state index in [9.17, 15) is 9.90 Å². The second-order valence-corrected chi connectivity index (χ2v) is 7.47. The van der Waals surface area contributed by atoms with Crippen molar-refractivity contribution < 1.29 is 14.6 Å². The zero-order valence-corrected chi connectivity index (χ0v) is 14.6. The van der Waals surface area contributed by atoms with Crippen molar-refractivity contribution in [3.63, 3.8) is 0 Å². The van der Waals surface area contributed by atoms with Crippen LogP contribution in [-0.4, -0.2) is 35.4 Å². The Morgan fingerprint density at radius 2 is 2.09 bits per heavy atom. The normalized spacial score (nSPS) is 21.5. The first-order chi connectivity index (χ1) is 10.8. The minimum atomic E-state index is -1.16. The standard InChI is InChI=1S/C19H29NO3/c1-13-8-7-9-14(12-13)16(15-10-5-6-11-20-15)17(21)18(22)23-19(2,3)4/h7-9,12,15-17,20-21H,5-6,10-11H2,1-4H3. The number of esters is 1. The van der Waals surface area contributed by atoms with Crippen LogP contribution < -0.4 is 5.32 Å². The van der Waals surface area contributed by atoms with E-state index in [2.05, 4.69) is 11.4 Å². The molecule has 0 saturated carbocycles. The number of hydrogen-bond donors (Lipinski definition) is 2. The maximum atomic E-state index is 12.4. The third kappa shape index (κ3) is 5.05. The average molecular weight is 319 g/mol. The van der Waals surface area contributed by atoms with Crippen LogP contribution in [0.4, 0.5) is 0 Å². The summed E-state index contributed by atoms with van der Waals surface area (Å²) in [6.45, 7) is 8.40. The van der Waals surface area contributed by atoms with Gasteiger partial charge in [-0.1, -0.05) is 36.2 Å². The largest absolute Gasteiger partial charge is 0.458 e. The highest BCUT2D eigenvalue weighted by Gasteiger charge is 2.37. The summed E-state index contributed by atoms with van der Waals surface area (Å²) < 4.78 is 5.41. The fraction of sp³-hybridized carbons (Fsp3) is 0.632. The molecule has 1 aliphatic heterocycles. The lowest BCUT2D eigenvalue weighted by molar-refractivity contribution is -0.166. The van der Waals surface area contributed by atoms with Gasteiger partial charge in [0.1, 0.15) is 5.60 Å². The third-order valence-corrected chi connectivity index (χ3v) is 4.20. The van der Waals surface area contributed by atoms with Gasteiger partial charge in [-0.2, -0.15) is 0 Å². The van der Waals surface area contributed by atoms with Crippen LogP contribution in [0.15, 0.2) is 24.3 Å². The summed E-state index contributed by atoms with van der Waals surface area (Å²) in [5, 5.41) is 14.2. The number of carbonyl (C=O) groups excluding carboxylic acids is 1. The molecule has 0 bridgehead atoms. The van der Waals surface area contributed by atoms with Crippen LogP contribution in [0.25, 0.3) is 0 Å². The molecule has 2 rings (SSSR count). The van der Waals surface area contributed by atoms with Crippen molar-refractivity contribution in [3.05, 3.63) is 35.4 Å². The van der Waals surface area contributed by atoms with Gasteiger partial charge in [0, 0.05) is 12.0 Å². The Labute approximate surface area is 139 Å². The van der Waals surface area contributed by atoms with E-state index in [1.807, 2.05) is 45.9 Å². The van der Waals surface area contributed by atoms with Gasteiger partial charge >= 0.3 is 5.97 Å². The summed E-state index contributed by atoms with van der Waals surface area (Å²) in [7, 11) is 0. The van der Waals surface area contributed by atoms with Crippen molar-refractivity contribution in [2.24, 2.45) is 0 Å². The first-order valence-electron chi connectivity index (χ1n) is 8.49. The molecule has 3 atom stereocenters. The minimum absolute atomic E-state index is 0.0908. The molecule has 1 heterocycles. The van der Waals surface area contributed by atoms with E-state index >= 15 is 0 Å². The van der Waals surface area contributed by atoms with E-state index in [1.54, 1.807) is 0 Å². The summed E-state index contributed by atoms with van der Waals surface area (Å²) in [5.41, 5.74) is 1.51. The van der Waals surface area contributed by atoms with Gasteiger partial charge in [-0.25, -0.2) is 4.79 Å². The fourth-order valence-corrected chi connectivity index (χ4v) is 3.21. The Morgan fingerprint density at radius 1 is 1.35 bits per heavy atom. The van der Waals surface area contributed by atoms with Crippen LogP contribution in [0.1, 0.15) is 57.1 Å². The van der Waals surface area contributed by atoms with Gasteiger partial charge in [-0.15, -0.1) is 0 Å². The Balaban J connectivity index is 2.27. The molecule has 0 radical (unpaired) electrons. The molecule has 1 fully saturated rings. The van der Waals surface area contributed by atoms with Crippen LogP contribution in [-0.2, 0) is 9.53 Å². The van der Waals surface area contributed by atoms with E-state index in [1.165, 1.54) is 0 Å². The lowest BCUT2D eigenvalue weighted by Gasteiger charge is -2.35. The number of aliphatic hydroxyl groups is 1. The molecule has 1 aromatic rings. The highest BCUT2D eigenvalue weighted by atomic mass is 16.6. The van der Waals surface area contributed by atoms with Crippen LogP contribution in [0.5, 0.6) is 0 Å². The molecule has 3 unspecified atom stereocenters. The molecule has 0 spiro atoms. The number of benzene rings is 1. The number of aliphatic hydroxyl groups excluding tert-OH is 1. The van der Waals surface area contributed by atoms with Crippen molar-refractivity contribution in [2.75, 3.05) is 6.54 Å². The molecule has 1 aliphatic rings. The van der Waals surface area contributed by atoms with E-state index in [0.29, 0.717) is 0 Å². The van der Waals surface area contributed by atoms with Gasteiger partial charge in [-0.05, 0) is 52.6 Å². The molecule has 0 aromatic heterocycles. The molecule has 1 aromatic carbocycles. The Bertz CT molecular complexity index is 530. The minimum Gasteiger partial charge on any atom is -0.458 e. The number of nitrogens with one attached hydrogen (secondary N) is 1. The number of aryl methyl sites for hydroxylation is 1. The van der Waals surface area contributed by atoms with Crippen LogP contribution >= 0.6 is 0 Å². The molecular formula is C19H29NO3. The first kappa shape index (κ1) is 18.0. The highest BCUT2D eigenvalue weighted by Crippen LogP contribution is 2.30. The monoisotopic (exact) mass is 319 g/mol. The number of ether oxygens (including phenoxy) is 1. The summed E-state index contributed by atoms with van der Waals surface area (Å²) in [5.74, 6) is -0.832. The second kappa shape index (κ2) is 7.45. The average Bonchev–Trinajstić information content (AvgIpc) is 2.47. The third-order valence-electron chi connectivity index (χ3n) is 4.20. The van der Waals surface area contributed by atoms with E-state index in [-0.39, 0.29) is 12.0 Å². The molecular weight excluding hydrogens is 290 g/mol. The zero-order chi connectivity index (χ0) is 17.0. The van der Waals surface area contributed by atoms with Gasteiger partial charge in [0.2, 0.25) is 0 Å². The van der Waals surface area contributed by atoms with E-state index in [4.69, 9.17) is 4.74 Å². The summed E-state index contributed by atoms with van der Waals surface area (Å²) in [4.78, 5) is 12.4. The lowest BCUT2D eigenvalue weighted by Crippen LogP contribution is -2.47. The van der Waals surface area contributed by atoms with Gasteiger partial charge in [0.25, 0.3) is 0 Å². The SMILES string of the molecule is Cc1cccc(C(C2CCCCN2)C(O)C(=O)OC(C)(C)C)c1. The van der Waals surface area contributed by atoms with Crippen molar-refractivity contribution in [1.29, 1.82) is 0 Å². The molecule has 128 valence electrons. The van der Waals surface area contributed by atoms with Crippen LogP contribution in [0, 0.1) is 6.92 Å². The zero-order valence-electron chi connectivity index (χ0n) is 14.6. The smallest absolute Gasteiger partial charge is 0.336 e. The number of piperidine rings is 1. The van der Waals surface area contributed by atoms with Gasteiger partial charge in [0.05, 0.1) is 0 Å². The maximum absolute atomic E-state index is 12.4. The van der Waals surface area contributed by atoms with Gasteiger partial charge < -0.3 is 15.2 Å². The van der Waals surface area contributed by atoms with Crippen LogP contribution in [0.3, 0.4) is 0 Å². The summed E-state index contributed by atoms with van der Waals surface area (Å²) >= 11 is 0. The number of rotatable bonds is 4. The number of carbonyl (C=O) groups is 1. The first-order valence-corrected chi connectivity index (χ1v) is 8.49. The Hall–Kier alpha value is -1.39. The Morgan fingerprint density at radius 3 is 2.65 bits per heavy atom. The Kier molecular flexibility index (Phi) is 5.82. The molecule has 0 amide bonds. The summed E-state index contributed by atoms with van der Waals surface area (Å²) in [6, 6.07) is 8.13. The molecule has 0 aliphatic carbocycles. The molecule has 1 saturated heterocycles. The molecule has 23 heavy (non-hydrogen) atoms. The molecule has 4 heteroatoms. The fourth-order valence-electron chi connectivity index (χ4n) is 3.21. The summed E-state index contributed by atoms with van der Waals surface area (Å²) in [6.07, 6.45) is 2.05. The van der Waals surface area contributed by atoms with Crippen molar-refractivity contribution in [2.45, 2.75) is 70.6 Å². The van der Waals surface area contributed by atoms with Crippen molar-refractivity contribution >= 4 is 5.97 Å². The molecule has 2 N–H and O–H groups in total. The van der Waals surface area contributed by atoms with Crippen molar-refractivity contribution in [3.8, 4) is 0 Å². The van der Waals surface area contributed by atoms with E-state index < -0.39 is 17.7 Å². The maximum Gasteiger partial charge on any atom is 0.336 e. The predicted molar refractivity (Wildman–Crippen MR) is 91.4 cm³/mol. The quantitative estimate of drug-likeness (QED) is 0.838. The van der Waals surface area contributed by atoms with Crippen LogP contribution in [0.2, 0.25) is 0 Å². The molecule has 4 nitrogen and oxygen atoms in total. The number of hydrogen-bond acceptors (Lipinski definition) is 4. The van der Waals surface area contributed by atoms with E-state index in [0.717, 1.165) is 36.9 Å². The van der Waals surface area contributed by atoms with Gasteiger partial charge in [-0.3, -0.25) is 0 Å². The second-order valence-electron chi connectivity index (χ2n) is 7.47. The predicted octanol–water partition coefficient (Wildman–Crippen LogP) is 2.92.